The number of unbranched alkanes of at least 4 members (excludes halogenated alkanes) is 1. The number of hydrogen-bond donors (Lipinski definition) is 0. The largest absolute Gasteiger partial charge is 0.375 e. The van der Waals surface area contributed by atoms with Gasteiger partial charge in [-0.3, -0.25) is 4.79 Å². The smallest absolute Gasteiger partial charge is 0.186 e. The van der Waals surface area contributed by atoms with Crippen molar-refractivity contribution in [2.24, 2.45) is 0 Å². The Labute approximate surface area is 112 Å². The van der Waals surface area contributed by atoms with Crippen molar-refractivity contribution < 1.29 is 14.3 Å². The van der Waals surface area contributed by atoms with Gasteiger partial charge in [-0.1, -0.05) is 19.9 Å². The fourth-order valence-electron chi connectivity index (χ4n) is 1.43. The summed E-state index contributed by atoms with van der Waals surface area (Å²) in [6.07, 6.45) is 4.28. The van der Waals surface area contributed by atoms with Crippen LogP contribution in [0.4, 0.5) is 0 Å². The monoisotopic (exact) mass is 256 g/mol. The number of ether oxygens (including phenoxy) is 2. The molecule has 18 heavy (non-hydrogen) atoms. The first kappa shape index (κ1) is 17.3. The van der Waals surface area contributed by atoms with E-state index >= 15 is 0 Å². The zero-order valence-corrected chi connectivity index (χ0v) is 12.5. The van der Waals surface area contributed by atoms with Gasteiger partial charge < -0.3 is 9.47 Å². The summed E-state index contributed by atoms with van der Waals surface area (Å²) in [6, 6.07) is 0. The summed E-state index contributed by atoms with van der Waals surface area (Å²) in [4.78, 5) is 11.5. The lowest BCUT2D eigenvalue weighted by Crippen LogP contribution is -2.36. The highest BCUT2D eigenvalue weighted by molar-refractivity contribution is 5.95. The minimum atomic E-state index is -0.790. The van der Waals surface area contributed by atoms with Crippen molar-refractivity contribution in [3.63, 3.8) is 0 Å². The maximum atomic E-state index is 11.5. The van der Waals surface area contributed by atoms with Gasteiger partial charge in [0.05, 0.1) is 12.2 Å². The maximum Gasteiger partial charge on any atom is 0.186 e. The molecule has 0 aliphatic rings. The van der Waals surface area contributed by atoms with E-state index in [0.29, 0.717) is 6.61 Å². The molecule has 0 spiro atoms. The molecule has 3 heteroatoms. The molecule has 0 rings (SSSR count). The van der Waals surface area contributed by atoms with Gasteiger partial charge in [-0.05, 0) is 46.6 Å². The van der Waals surface area contributed by atoms with E-state index in [0.717, 1.165) is 25.9 Å². The molecule has 0 atom stereocenters. The molecule has 0 aromatic rings. The molecule has 0 aliphatic heterocycles. The van der Waals surface area contributed by atoms with Crippen molar-refractivity contribution in [2.45, 2.75) is 65.1 Å². The van der Waals surface area contributed by atoms with Gasteiger partial charge in [-0.25, -0.2) is 0 Å². The van der Waals surface area contributed by atoms with Crippen LogP contribution >= 0.6 is 0 Å². The van der Waals surface area contributed by atoms with Gasteiger partial charge in [0.1, 0.15) is 5.60 Å². The topological polar surface area (TPSA) is 35.5 Å². The molecule has 0 N–H and O–H groups in total. The highest BCUT2D eigenvalue weighted by Crippen LogP contribution is 2.18. The van der Waals surface area contributed by atoms with Crippen LogP contribution in [-0.4, -0.2) is 30.2 Å². The lowest BCUT2D eigenvalue weighted by Gasteiger charge is -2.28. The summed E-state index contributed by atoms with van der Waals surface area (Å²) in [5.41, 5.74) is -0.996. The Hall–Kier alpha value is -0.670. The van der Waals surface area contributed by atoms with Crippen LogP contribution in [0.25, 0.3) is 0 Å². The summed E-state index contributed by atoms with van der Waals surface area (Å²) >= 11 is 0. The molecule has 0 fully saturated rings. The van der Waals surface area contributed by atoms with Crippen molar-refractivity contribution in [1.29, 1.82) is 0 Å². The van der Waals surface area contributed by atoms with Crippen LogP contribution in [0.1, 0.15) is 53.9 Å². The van der Waals surface area contributed by atoms with Crippen LogP contribution < -0.4 is 0 Å². The molecule has 0 radical (unpaired) electrons. The molecular weight excluding hydrogens is 228 g/mol. The van der Waals surface area contributed by atoms with Gasteiger partial charge in [0.25, 0.3) is 0 Å². The van der Waals surface area contributed by atoms with Gasteiger partial charge >= 0.3 is 0 Å². The molecule has 0 amide bonds. The van der Waals surface area contributed by atoms with Crippen LogP contribution in [0.3, 0.4) is 0 Å². The number of rotatable bonds is 10. The van der Waals surface area contributed by atoms with Crippen LogP contribution in [0.2, 0.25) is 0 Å². The molecular formula is C15H28O3. The minimum Gasteiger partial charge on any atom is -0.375 e. The number of carbonyl (C=O) groups excluding carboxylic acids is 1. The third kappa shape index (κ3) is 6.92. The Kier molecular flexibility index (Phi) is 7.41. The lowest BCUT2D eigenvalue weighted by molar-refractivity contribution is -0.137. The number of hydrogen-bond acceptors (Lipinski definition) is 3. The van der Waals surface area contributed by atoms with Gasteiger partial charge in [0, 0.05) is 6.61 Å². The highest BCUT2D eigenvalue weighted by atomic mass is 16.5. The summed E-state index contributed by atoms with van der Waals surface area (Å²) in [5.74, 6) is -0.0905. The summed E-state index contributed by atoms with van der Waals surface area (Å²) in [7, 11) is 0. The first-order valence-corrected chi connectivity index (χ1v) is 6.70. The molecule has 0 unspecified atom stereocenters. The van der Waals surface area contributed by atoms with E-state index in [4.69, 9.17) is 9.47 Å². The molecule has 3 nitrogen and oxygen atoms in total. The quantitative estimate of drug-likeness (QED) is 0.443. The first-order chi connectivity index (χ1) is 8.25. The SMILES string of the molecule is C=CC(=O)C(C)(C)OCCC(C)(C)OCCCC. The molecule has 0 aromatic carbocycles. The Morgan fingerprint density at radius 2 is 1.78 bits per heavy atom. The maximum absolute atomic E-state index is 11.5. The minimum absolute atomic E-state index is 0.0905. The molecule has 0 aliphatic carbocycles. The summed E-state index contributed by atoms with van der Waals surface area (Å²) < 4.78 is 11.4. The lowest BCUT2D eigenvalue weighted by atomic mass is 10.0. The van der Waals surface area contributed by atoms with Crippen LogP contribution in [0, 0.1) is 0 Å². The third-order valence-corrected chi connectivity index (χ3v) is 2.94. The van der Waals surface area contributed by atoms with E-state index in [1.165, 1.54) is 6.08 Å². The van der Waals surface area contributed by atoms with Crippen LogP contribution in [0.5, 0.6) is 0 Å². The van der Waals surface area contributed by atoms with Crippen LogP contribution in [0.15, 0.2) is 12.7 Å². The van der Waals surface area contributed by atoms with Crippen molar-refractivity contribution >= 4 is 5.78 Å². The molecule has 0 heterocycles. The zero-order chi connectivity index (χ0) is 14.2. The molecule has 0 saturated heterocycles. The Morgan fingerprint density at radius 1 is 1.17 bits per heavy atom. The second-order valence-corrected chi connectivity index (χ2v) is 5.64. The van der Waals surface area contributed by atoms with Gasteiger partial charge in [-0.15, -0.1) is 0 Å². The van der Waals surface area contributed by atoms with Crippen molar-refractivity contribution in [3.8, 4) is 0 Å². The number of ketones is 1. The van der Waals surface area contributed by atoms with Gasteiger partial charge in [-0.2, -0.15) is 0 Å². The summed E-state index contributed by atoms with van der Waals surface area (Å²) in [6.45, 7) is 14.5. The van der Waals surface area contributed by atoms with Gasteiger partial charge in [0.15, 0.2) is 5.78 Å². The average molecular weight is 256 g/mol. The fraction of sp³-hybridized carbons (Fsp3) is 0.800. The molecule has 0 saturated carbocycles. The first-order valence-electron chi connectivity index (χ1n) is 6.70. The normalized spacial score (nSPS) is 12.5. The van der Waals surface area contributed by atoms with Crippen LogP contribution in [-0.2, 0) is 14.3 Å². The molecule has 0 bridgehead atoms. The Morgan fingerprint density at radius 3 is 2.28 bits per heavy atom. The highest BCUT2D eigenvalue weighted by Gasteiger charge is 2.27. The standard InChI is InChI=1S/C15H28O3/c1-7-9-11-17-14(3,4)10-12-18-15(5,6)13(16)8-2/h8H,2,7,9-12H2,1,3-6H3. The van der Waals surface area contributed by atoms with Crippen molar-refractivity contribution in [3.05, 3.63) is 12.7 Å². The third-order valence-electron chi connectivity index (χ3n) is 2.94. The van der Waals surface area contributed by atoms with E-state index in [-0.39, 0.29) is 11.4 Å². The average Bonchev–Trinajstić information content (AvgIpc) is 2.27. The Balaban J connectivity index is 4.01. The second kappa shape index (κ2) is 7.70. The zero-order valence-electron chi connectivity index (χ0n) is 12.5. The fourth-order valence-corrected chi connectivity index (χ4v) is 1.43. The van der Waals surface area contributed by atoms with E-state index in [1.807, 2.05) is 13.8 Å². The predicted octanol–water partition coefficient (Wildman–Crippen LogP) is 3.52. The Bertz CT molecular complexity index is 267. The van der Waals surface area contributed by atoms with Crippen molar-refractivity contribution in [2.75, 3.05) is 13.2 Å². The summed E-state index contributed by atoms with van der Waals surface area (Å²) in [5, 5.41) is 0. The molecule has 0 aromatic heterocycles. The molecule has 106 valence electrons. The van der Waals surface area contributed by atoms with E-state index in [1.54, 1.807) is 13.8 Å². The number of carbonyl (C=O) groups is 1. The van der Waals surface area contributed by atoms with E-state index in [9.17, 15) is 4.79 Å². The van der Waals surface area contributed by atoms with Gasteiger partial charge in [0.2, 0.25) is 0 Å². The van der Waals surface area contributed by atoms with E-state index in [2.05, 4.69) is 13.5 Å². The predicted molar refractivity (Wildman–Crippen MR) is 74.8 cm³/mol. The second-order valence-electron chi connectivity index (χ2n) is 5.64. The van der Waals surface area contributed by atoms with Crippen molar-refractivity contribution in [1.82, 2.24) is 0 Å². The van der Waals surface area contributed by atoms with E-state index < -0.39 is 5.60 Å².